The van der Waals surface area contributed by atoms with Gasteiger partial charge in [-0.25, -0.2) is 9.97 Å². The average molecular weight is 432 g/mol. The van der Waals surface area contributed by atoms with Crippen LogP contribution in [0.15, 0.2) is 43.2 Å². The standard InChI is InChI=1S/C23H25N7O2/c1-5-6-16-8-20(29(4)28-16)23(32)27-17-7-15(9-24-10-17)21(31)19-12-30(14(2)3)22-18(19)11-25-13-26-22/h7-14H,5-6H2,1-4H3,(H,27,32). The van der Waals surface area contributed by atoms with Gasteiger partial charge in [0.1, 0.15) is 17.7 Å². The van der Waals surface area contributed by atoms with Gasteiger partial charge >= 0.3 is 0 Å². The zero-order chi connectivity index (χ0) is 22.8. The normalized spacial score (nSPS) is 11.3. The van der Waals surface area contributed by atoms with Gasteiger partial charge < -0.3 is 9.88 Å². The molecule has 9 heteroatoms. The minimum atomic E-state index is -0.307. The zero-order valence-electron chi connectivity index (χ0n) is 18.5. The quantitative estimate of drug-likeness (QED) is 0.448. The van der Waals surface area contributed by atoms with Crippen molar-refractivity contribution in [3.8, 4) is 0 Å². The summed E-state index contributed by atoms with van der Waals surface area (Å²) in [5.41, 5.74) is 3.31. The number of carbonyl (C=O) groups is 2. The van der Waals surface area contributed by atoms with Crippen molar-refractivity contribution in [2.75, 3.05) is 5.32 Å². The predicted molar refractivity (Wildman–Crippen MR) is 121 cm³/mol. The Balaban J connectivity index is 1.62. The minimum Gasteiger partial charge on any atom is -0.329 e. The fourth-order valence-corrected chi connectivity index (χ4v) is 3.66. The molecule has 0 atom stereocenters. The van der Waals surface area contributed by atoms with Gasteiger partial charge in [0.2, 0.25) is 0 Å². The molecule has 32 heavy (non-hydrogen) atoms. The van der Waals surface area contributed by atoms with Crippen LogP contribution in [-0.2, 0) is 13.5 Å². The number of nitrogens with one attached hydrogen (secondary N) is 1. The van der Waals surface area contributed by atoms with Gasteiger partial charge in [0.15, 0.2) is 5.78 Å². The number of aryl methyl sites for hydroxylation is 2. The summed E-state index contributed by atoms with van der Waals surface area (Å²) < 4.78 is 3.50. The molecule has 1 amide bonds. The zero-order valence-corrected chi connectivity index (χ0v) is 18.5. The highest BCUT2D eigenvalue weighted by molar-refractivity contribution is 6.16. The number of hydrogen-bond donors (Lipinski definition) is 1. The maximum atomic E-state index is 13.3. The van der Waals surface area contributed by atoms with Crippen LogP contribution >= 0.6 is 0 Å². The smallest absolute Gasteiger partial charge is 0.273 e. The van der Waals surface area contributed by atoms with E-state index in [-0.39, 0.29) is 17.7 Å². The number of fused-ring (bicyclic) bond motifs is 1. The number of amides is 1. The number of ketones is 1. The topological polar surface area (TPSA) is 108 Å². The van der Waals surface area contributed by atoms with Crippen LogP contribution in [0.1, 0.15) is 65.3 Å². The van der Waals surface area contributed by atoms with Crippen molar-refractivity contribution in [2.24, 2.45) is 7.05 Å². The van der Waals surface area contributed by atoms with Gasteiger partial charge in [-0.15, -0.1) is 0 Å². The van der Waals surface area contributed by atoms with Crippen molar-refractivity contribution >= 4 is 28.4 Å². The van der Waals surface area contributed by atoms with E-state index in [9.17, 15) is 9.59 Å². The van der Waals surface area contributed by atoms with Crippen LogP contribution < -0.4 is 5.32 Å². The molecule has 0 bridgehead atoms. The molecule has 0 aliphatic heterocycles. The first kappa shape index (κ1) is 21.4. The third kappa shape index (κ3) is 4.01. The predicted octanol–water partition coefficient (Wildman–Crippen LogP) is 3.58. The van der Waals surface area contributed by atoms with Crippen LogP contribution in [0, 0.1) is 0 Å². The van der Waals surface area contributed by atoms with Gasteiger partial charge in [-0.2, -0.15) is 5.10 Å². The number of nitrogens with zero attached hydrogens (tertiary/aromatic N) is 6. The molecule has 0 spiro atoms. The Bertz CT molecular complexity index is 1300. The molecule has 0 saturated heterocycles. The lowest BCUT2D eigenvalue weighted by molar-refractivity contribution is 0.101. The summed E-state index contributed by atoms with van der Waals surface area (Å²) in [6, 6.07) is 3.54. The van der Waals surface area contributed by atoms with E-state index in [2.05, 4.69) is 32.3 Å². The monoisotopic (exact) mass is 431 g/mol. The Kier molecular flexibility index (Phi) is 5.81. The summed E-state index contributed by atoms with van der Waals surface area (Å²) in [4.78, 5) is 38.6. The van der Waals surface area contributed by atoms with E-state index in [4.69, 9.17) is 0 Å². The lowest BCUT2D eigenvalue weighted by Crippen LogP contribution is -2.16. The molecule has 4 rings (SSSR count). The fraction of sp³-hybridized carbons (Fsp3) is 0.304. The molecule has 164 valence electrons. The second-order valence-corrected chi connectivity index (χ2v) is 7.94. The molecule has 0 radical (unpaired) electrons. The Morgan fingerprint density at radius 1 is 1.12 bits per heavy atom. The Labute approximate surface area is 185 Å². The van der Waals surface area contributed by atoms with Crippen molar-refractivity contribution in [3.05, 3.63) is 65.8 Å². The number of anilines is 1. The molecule has 0 unspecified atom stereocenters. The molecule has 9 nitrogen and oxygen atoms in total. The van der Waals surface area contributed by atoms with Crippen molar-refractivity contribution in [2.45, 2.75) is 39.7 Å². The lowest BCUT2D eigenvalue weighted by atomic mass is 10.1. The summed E-state index contributed by atoms with van der Waals surface area (Å²) in [6.07, 6.45) is 9.66. The van der Waals surface area contributed by atoms with Crippen molar-refractivity contribution < 1.29 is 9.59 Å². The Hall–Kier alpha value is -3.88. The Morgan fingerprint density at radius 2 is 1.94 bits per heavy atom. The van der Waals surface area contributed by atoms with Crippen molar-refractivity contribution in [1.82, 2.24) is 29.3 Å². The summed E-state index contributed by atoms with van der Waals surface area (Å²) in [5, 5.41) is 7.86. The molecule has 0 aliphatic rings. The molecule has 4 aromatic rings. The Morgan fingerprint density at radius 3 is 2.69 bits per heavy atom. The van der Waals surface area contributed by atoms with E-state index < -0.39 is 0 Å². The number of pyridine rings is 1. The van der Waals surface area contributed by atoms with Crippen LogP contribution in [-0.4, -0.2) is 41.0 Å². The van der Waals surface area contributed by atoms with Gasteiger partial charge in [0, 0.05) is 42.6 Å². The van der Waals surface area contributed by atoms with Crippen LogP contribution in [0.3, 0.4) is 0 Å². The number of hydrogen-bond acceptors (Lipinski definition) is 6. The first-order valence-corrected chi connectivity index (χ1v) is 10.5. The second-order valence-electron chi connectivity index (χ2n) is 7.94. The van der Waals surface area contributed by atoms with E-state index >= 15 is 0 Å². The molecule has 0 fully saturated rings. The summed E-state index contributed by atoms with van der Waals surface area (Å²) in [5.74, 6) is -0.517. The van der Waals surface area contributed by atoms with E-state index in [0.717, 1.165) is 18.5 Å². The molecule has 4 aromatic heterocycles. The average Bonchev–Trinajstić information content (AvgIpc) is 3.34. The molecule has 0 aliphatic carbocycles. The fourth-order valence-electron chi connectivity index (χ4n) is 3.66. The largest absolute Gasteiger partial charge is 0.329 e. The maximum absolute atomic E-state index is 13.3. The van der Waals surface area contributed by atoms with Crippen molar-refractivity contribution in [3.63, 3.8) is 0 Å². The first-order valence-electron chi connectivity index (χ1n) is 10.5. The molecule has 1 N–H and O–H groups in total. The number of carbonyl (C=O) groups excluding carboxylic acids is 2. The third-order valence-corrected chi connectivity index (χ3v) is 5.22. The van der Waals surface area contributed by atoms with Gasteiger partial charge in [-0.1, -0.05) is 13.3 Å². The highest BCUT2D eigenvalue weighted by Gasteiger charge is 2.20. The number of aromatic nitrogens is 6. The second kappa shape index (κ2) is 8.70. The van der Waals surface area contributed by atoms with E-state index in [1.807, 2.05) is 18.4 Å². The van der Waals surface area contributed by atoms with Gasteiger partial charge in [0.05, 0.1) is 23.1 Å². The summed E-state index contributed by atoms with van der Waals surface area (Å²) in [6.45, 7) is 6.11. The lowest BCUT2D eigenvalue weighted by Gasteiger charge is -2.07. The van der Waals surface area contributed by atoms with Crippen LogP contribution in [0.5, 0.6) is 0 Å². The van der Waals surface area contributed by atoms with E-state index in [1.165, 1.54) is 18.7 Å². The molecular formula is C23H25N7O2. The first-order chi connectivity index (χ1) is 15.4. The van der Waals surface area contributed by atoms with Crippen molar-refractivity contribution in [1.29, 1.82) is 0 Å². The van der Waals surface area contributed by atoms with Crippen LogP contribution in [0.25, 0.3) is 11.0 Å². The SMILES string of the molecule is CCCc1cc(C(=O)Nc2cncc(C(=O)c3cn(C(C)C)c4ncncc34)c2)n(C)n1. The van der Waals surface area contributed by atoms with E-state index in [0.29, 0.717) is 33.5 Å². The maximum Gasteiger partial charge on any atom is 0.273 e. The summed E-state index contributed by atoms with van der Waals surface area (Å²) in [7, 11) is 1.73. The molecule has 0 aromatic carbocycles. The van der Waals surface area contributed by atoms with Gasteiger partial charge in [-0.3, -0.25) is 19.3 Å². The third-order valence-electron chi connectivity index (χ3n) is 5.22. The molecule has 0 saturated carbocycles. The summed E-state index contributed by atoms with van der Waals surface area (Å²) >= 11 is 0. The van der Waals surface area contributed by atoms with Gasteiger partial charge in [0.25, 0.3) is 5.91 Å². The van der Waals surface area contributed by atoms with E-state index in [1.54, 1.807) is 36.3 Å². The highest BCUT2D eigenvalue weighted by Crippen LogP contribution is 2.25. The van der Waals surface area contributed by atoms with Crippen LogP contribution in [0.2, 0.25) is 0 Å². The molecule has 4 heterocycles. The molecular weight excluding hydrogens is 406 g/mol. The van der Waals surface area contributed by atoms with Crippen LogP contribution in [0.4, 0.5) is 5.69 Å². The highest BCUT2D eigenvalue weighted by atomic mass is 16.2. The number of rotatable bonds is 7. The minimum absolute atomic E-state index is 0.134. The van der Waals surface area contributed by atoms with Gasteiger partial charge in [-0.05, 0) is 32.4 Å².